The molecule has 0 atom stereocenters. The van der Waals surface area contributed by atoms with E-state index in [9.17, 15) is 9.59 Å². The molecule has 0 bridgehead atoms. The maximum Gasteiger partial charge on any atom is 0.282 e. The number of hydrogen-bond donors (Lipinski definition) is 1. The molecule has 4 nitrogen and oxygen atoms in total. The van der Waals surface area contributed by atoms with Crippen LogP contribution < -0.4 is 10.2 Å². The van der Waals surface area contributed by atoms with Crippen molar-refractivity contribution in [1.82, 2.24) is 0 Å². The Morgan fingerprint density at radius 2 is 1.45 bits per heavy atom. The lowest BCUT2D eigenvalue weighted by molar-refractivity contribution is -0.120. The van der Waals surface area contributed by atoms with E-state index in [1.807, 2.05) is 75.4 Å². The lowest BCUT2D eigenvalue weighted by Crippen LogP contribution is -2.32. The molecule has 5 heteroatoms. The standard InChI is InChI=1S/C28H27ClN2O2/c1-16(2)20-9-12-23(13-10-20)31-27(32)25(21-8-6-17(3)19(5)14-21)26(28(31)33)30-22-11-7-18(4)24(29)15-22/h6-16,30H,1-5H3. The van der Waals surface area contributed by atoms with Gasteiger partial charge in [0.2, 0.25) is 0 Å². The van der Waals surface area contributed by atoms with Gasteiger partial charge in [-0.05, 0) is 78.8 Å². The zero-order valence-corrected chi connectivity index (χ0v) is 20.2. The lowest BCUT2D eigenvalue weighted by Gasteiger charge is -2.17. The molecule has 0 saturated heterocycles. The topological polar surface area (TPSA) is 49.4 Å². The molecule has 1 aliphatic heterocycles. The molecule has 2 amide bonds. The smallest absolute Gasteiger partial charge is 0.282 e. The van der Waals surface area contributed by atoms with Gasteiger partial charge < -0.3 is 5.32 Å². The van der Waals surface area contributed by atoms with Crippen LogP contribution in [-0.2, 0) is 9.59 Å². The molecule has 0 spiro atoms. The van der Waals surface area contributed by atoms with Crippen molar-refractivity contribution in [2.75, 3.05) is 10.2 Å². The van der Waals surface area contributed by atoms with Crippen LogP contribution in [-0.4, -0.2) is 11.8 Å². The van der Waals surface area contributed by atoms with Crippen LogP contribution in [0.3, 0.4) is 0 Å². The molecule has 168 valence electrons. The third-order valence-electron chi connectivity index (χ3n) is 6.14. The van der Waals surface area contributed by atoms with E-state index in [0.29, 0.717) is 33.5 Å². The predicted octanol–water partition coefficient (Wildman–Crippen LogP) is 6.79. The van der Waals surface area contributed by atoms with Crippen molar-refractivity contribution in [2.24, 2.45) is 0 Å². The molecule has 1 heterocycles. The minimum absolute atomic E-state index is 0.246. The van der Waals surface area contributed by atoms with Crippen LogP contribution >= 0.6 is 11.6 Å². The Morgan fingerprint density at radius 1 is 0.788 bits per heavy atom. The molecular weight excluding hydrogens is 432 g/mol. The summed E-state index contributed by atoms with van der Waals surface area (Å²) in [6.45, 7) is 10.1. The van der Waals surface area contributed by atoms with Crippen molar-refractivity contribution in [3.05, 3.63) is 99.2 Å². The van der Waals surface area contributed by atoms with Crippen LogP contribution in [0.1, 0.15) is 47.6 Å². The first-order chi connectivity index (χ1) is 15.7. The third kappa shape index (κ3) is 4.31. The number of amides is 2. The van der Waals surface area contributed by atoms with Crippen molar-refractivity contribution < 1.29 is 9.59 Å². The molecular formula is C28H27ClN2O2. The van der Waals surface area contributed by atoms with E-state index >= 15 is 0 Å². The van der Waals surface area contributed by atoms with Crippen molar-refractivity contribution in [2.45, 2.75) is 40.5 Å². The van der Waals surface area contributed by atoms with Gasteiger partial charge in [-0.1, -0.05) is 61.8 Å². The average Bonchev–Trinajstić information content (AvgIpc) is 3.02. The van der Waals surface area contributed by atoms with Crippen molar-refractivity contribution in [3.63, 3.8) is 0 Å². The van der Waals surface area contributed by atoms with Gasteiger partial charge in [0.25, 0.3) is 11.8 Å². The highest BCUT2D eigenvalue weighted by molar-refractivity contribution is 6.46. The fraction of sp³-hybridized carbons (Fsp3) is 0.214. The molecule has 33 heavy (non-hydrogen) atoms. The summed E-state index contributed by atoms with van der Waals surface area (Å²) in [5.74, 6) is -0.375. The summed E-state index contributed by atoms with van der Waals surface area (Å²) in [5, 5.41) is 3.77. The van der Waals surface area contributed by atoms with Crippen molar-refractivity contribution >= 4 is 40.4 Å². The zero-order chi connectivity index (χ0) is 23.9. The zero-order valence-electron chi connectivity index (χ0n) is 19.5. The molecule has 0 fully saturated rings. The Balaban J connectivity index is 1.81. The number of carbonyl (C=O) groups excluding carboxylic acids is 2. The fourth-order valence-electron chi connectivity index (χ4n) is 3.87. The highest BCUT2D eigenvalue weighted by atomic mass is 35.5. The van der Waals surface area contributed by atoms with E-state index in [0.717, 1.165) is 22.3 Å². The number of imide groups is 1. The minimum Gasteiger partial charge on any atom is -0.350 e. The first-order valence-electron chi connectivity index (χ1n) is 11.0. The third-order valence-corrected chi connectivity index (χ3v) is 6.55. The number of benzene rings is 3. The SMILES string of the molecule is Cc1ccc(C2=C(Nc3ccc(C)c(Cl)c3)C(=O)N(c3ccc(C(C)C)cc3)C2=O)cc1C. The quantitative estimate of drug-likeness (QED) is 0.428. The summed E-state index contributed by atoms with van der Waals surface area (Å²) in [4.78, 5) is 28.5. The summed E-state index contributed by atoms with van der Waals surface area (Å²) in [5.41, 5.74) is 6.77. The van der Waals surface area contributed by atoms with Gasteiger partial charge in [0.15, 0.2) is 0 Å². The van der Waals surface area contributed by atoms with Crippen LogP contribution in [0.4, 0.5) is 11.4 Å². The second-order valence-corrected chi connectivity index (χ2v) is 9.24. The Kier molecular flexibility index (Phi) is 6.13. The summed E-state index contributed by atoms with van der Waals surface area (Å²) >= 11 is 6.30. The van der Waals surface area contributed by atoms with Crippen molar-refractivity contribution in [3.8, 4) is 0 Å². The first-order valence-corrected chi connectivity index (χ1v) is 11.4. The molecule has 0 saturated carbocycles. The van der Waals surface area contributed by atoms with E-state index < -0.39 is 0 Å². The normalized spacial score (nSPS) is 14.0. The minimum atomic E-state index is -0.387. The fourth-order valence-corrected chi connectivity index (χ4v) is 4.05. The van der Waals surface area contributed by atoms with Crippen LogP contribution in [0.2, 0.25) is 5.02 Å². The molecule has 0 radical (unpaired) electrons. The van der Waals surface area contributed by atoms with Crippen LogP contribution in [0, 0.1) is 20.8 Å². The maximum absolute atomic E-state index is 13.6. The highest BCUT2D eigenvalue weighted by Gasteiger charge is 2.40. The Hall–Kier alpha value is -3.37. The van der Waals surface area contributed by atoms with E-state index in [-0.39, 0.29) is 17.5 Å². The van der Waals surface area contributed by atoms with Gasteiger partial charge in [0, 0.05) is 10.7 Å². The van der Waals surface area contributed by atoms with E-state index in [1.165, 1.54) is 4.90 Å². The number of nitrogens with one attached hydrogen (secondary N) is 1. The van der Waals surface area contributed by atoms with Crippen LogP contribution in [0.25, 0.3) is 5.57 Å². The monoisotopic (exact) mass is 458 g/mol. The number of carbonyl (C=O) groups is 2. The van der Waals surface area contributed by atoms with Gasteiger partial charge in [-0.3, -0.25) is 9.59 Å². The molecule has 1 N–H and O–H groups in total. The van der Waals surface area contributed by atoms with Gasteiger partial charge in [-0.2, -0.15) is 0 Å². The summed E-state index contributed by atoms with van der Waals surface area (Å²) in [6, 6.07) is 18.9. The van der Waals surface area contributed by atoms with Crippen LogP contribution in [0.5, 0.6) is 0 Å². The maximum atomic E-state index is 13.6. The van der Waals surface area contributed by atoms with Gasteiger partial charge in [0.05, 0.1) is 11.3 Å². The number of hydrogen-bond acceptors (Lipinski definition) is 3. The number of halogens is 1. The summed E-state index contributed by atoms with van der Waals surface area (Å²) in [6.07, 6.45) is 0. The van der Waals surface area contributed by atoms with E-state index in [2.05, 4.69) is 19.2 Å². The van der Waals surface area contributed by atoms with E-state index in [4.69, 9.17) is 11.6 Å². The highest BCUT2D eigenvalue weighted by Crippen LogP contribution is 2.35. The summed E-state index contributed by atoms with van der Waals surface area (Å²) in [7, 11) is 0. The second-order valence-electron chi connectivity index (χ2n) is 8.83. The largest absolute Gasteiger partial charge is 0.350 e. The first kappa shape index (κ1) is 22.8. The van der Waals surface area contributed by atoms with Gasteiger partial charge in [0.1, 0.15) is 5.70 Å². The number of aryl methyl sites for hydroxylation is 3. The molecule has 4 rings (SSSR count). The predicted molar refractivity (Wildman–Crippen MR) is 136 cm³/mol. The molecule has 3 aromatic rings. The number of anilines is 2. The summed E-state index contributed by atoms with van der Waals surface area (Å²) < 4.78 is 0. The van der Waals surface area contributed by atoms with Gasteiger partial charge >= 0.3 is 0 Å². The Morgan fingerprint density at radius 3 is 2.06 bits per heavy atom. The number of nitrogens with zero attached hydrogens (tertiary/aromatic N) is 1. The van der Waals surface area contributed by atoms with E-state index in [1.54, 1.807) is 6.07 Å². The molecule has 0 unspecified atom stereocenters. The van der Waals surface area contributed by atoms with Crippen LogP contribution in [0.15, 0.2) is 66.4 Å². The molecule has 3 aromatic carbocycles. The average molecular weight is 459 g/mol. The van der Waals surface area contributed by atoms with Gasteiger partial charge in [-0.15, -0.1) is 0 Å². The molecule has 1 aliphatic rings. The molecule has 0 aliphatic carbocycles. The second kappa shape index (κ2) is 8.87. The Labute approximate surface area is 199 Å². The van der Waals surface area contributed by atoms with Gasteiger partial charge in [-0.25, -0.2) is 4.90 Å². The molecule has 0 aromatic heterocycles. The number of rotatable bonds is 5. The Bertz CT molecular complexity index is 1290. The lowest BCUT2D eigenvalue weighted by atomic mass is 9.99. The van der Waals surface area contributed by atoms with Crippen molar-refractivity contribution in [1.29, 1.82) is 0 Å².